The number of amides is 4. The quantitative estimate of drug-likeness (QED) is 0.0539. The van der Waals surface area contributed by atoms with Crippen LogP contribution in [0.25, 0.3) is 22.3 Å². The van der Waals surface area contributed by atoms with Gasteiger partial charge in [0, 0.05) is 12.5 Å². The summed E-state index contributed by atoms with van der Waals surface area (Å²) in [5.74, 6) is 1.34. The van der Waals surface area contributed by atoms with Crippen molar-refractivity contribution in [3.8, 4) is 22.3 Å². The first-order valence-corrected chi connectivity index (χ1v) is 25.1. The van der Waals surface area contributed by atoms with Crippen LogP contribution in [0.1, 0.15) is 105 Å². The molecule has 0 saturated carbocycles. The zero-order chi connectivity index (χ0) is 47.1. The molecule has 0 bridgehead atoms. The summed E-state index contributed by atoms with van der Waals surface area (Å²) >= 11 is 3.79. The molecule has 2 saturated heterocycles. The Hall–Kier alpha value is -5.00. The van der Waals surface area contributed by atoms with Crippen molar-refractivity contribution in [1.29, 1.82) is 0 Å². The minimum absolute atomic E-state index is 0.0712. The highest BCUT2D eigenvalue weighted by molar-refractivity contribution is 8.17. The highest BCUT2D eigenvalue weighted by Gasteiger charge is 2.48. The fraction of sp³-hybridized carbons (Fsp3) is 0.444. The number of rotatable bonds is 15. The van der Waals surface area contributed by atoms with E-state index in [2.05, 4.69) is 50.2 Å². The summed E-state index contributed by atoms with van der Waals surface area (Å²) in [5.41, 5.74) is 5.57. The van der Waals surface area contributed by atoms with Crippen molar-refractivity contribution in [3.05, 3.63) is 132 Å². The van der Waals surface area contributed by atoms with Crippen molar-refractivity contribution in [2.45, 2.75) is 135 Å². The molecule has 4 aromatic carbocycles. The van der Waals surface area contributed by atoms with E-state index in [1.807, 2.05) is 117 Å². The van der Waals surface area contributed by atoms with E-state index in [4.69, 9.17) is 9.47 Å². The van der Waals surface area contributed by atoms with Crippen LogP contribution in [-0.4, -0.2) is 78.3 Å². The van der Waals surface area contributed by atoms with Gasteiger partial charge in [-0.15, -0.1) is 23.5 Å². The first kappa shape index (κ1) is 51.0. The van der Waals surface area contributed by atoms with Crippen LogP contribution in [0.3, 0.4) is 0 Å². The molecule has 3 atom stereocenters. The van der Waals surface area contributed by atoms with Gasteiger partial charge in [0.25, 0.3) is 5.91 Å². The van der Waals surface area contributed by atoms with E-state index in [0.29, 0.717) is 25.7 Å². The topological polar surface area (TPSA) is 113 Å². The summed E-state index contributed by atoms with van der Waals surface area (Å²) in [4.78, 5) is 54.7. The molecule has 9 nitrogen and oxygen atoms in total. The van der Waals surface area contributed by atoms with E-state index in [-0.39, 0.29) is 34.1 Å². The Morgan fingerprint density at radius 1 is 0.646 bits per heavy atom. The molecule has 0 aromatic heterocycles. The molecule has 1 unspecified atom stereocenters. The SMILES string of the molecule is CC(C)(C)OC(=O)N1C(=O)C(=CO)C[C@H]1Cc1ccc(-c2ccccc2)cc1.CCCCSC(SCCCC)C1C[C@@H](Cc2ccc(-c3ccccc3)cc2)N(C(=O)OC(C)(C)C)C1=O. The average Bonchev–Trinajstić information content (AvgIpc) is 3.77. The van der Waals surface area contributed by atoms with Gasteiger partial charge in [-0.1, -0.05) is 136 Å². The second-order valence-electron chi connectivity index (χ2n) is 18.7. The number of ether oxygens (including phenoxy) is 2. The number of carbonyl (C=O) groups excluding carboxylic acids is 4. The van der Waals surface area contributed by atoms with Gasteiger partial charge in [-0.3, -0.25) is 9.59 Å². The summed E-state index contributed by atoms with van der Waals surface area (Å²) in [6, 6.07) is 36.3. The van der Waals surface area contributed by atoms with Gasteiger partial charge in [-0.2, -0.15) is 0 Å². The number of carbonyl (C=O) groups is 4. The summed E-state index contributed by atoms with van der Waals surface area (Å²) in [5, 5.41) is 9.35. The molecule has 4 amide bonds. The van der Waals surface area contributed by atoms with E-state index in [1.165, 1.54) is 10.5 Å². The highest BCUT2D eigenvalue weighted by atomic mass is 32.2. The number of hydrogen-bond donors (Lipinski definition) is 1. The summed E-state index contributed by atoms with van der Waals surface area (Å²) < 4.78 is 11.3. The van der Waals surface area contributed by atoms with Crippen molar-refractivity contribution in [1.82, 2.24) is 9.80 Å². The van der Waals surface area contributed by atoms with E-state index in [1.54, 1.807) is 20.8 Å². The van der Waals surface area contributed by atoms with E-state index >= 15 is 0 Å². The number of nitrogens with zero attached hydrogens (tertiary/aromatic N) is 2. The molecule has 11 heteroatoms. The van der Waals surface area contributed by atoms with Crippen LogP contribution in [-0.2, 0) is 31.9 Å². The monoisotopic (exact) mass is 920 g/mol. The highest BCUT2D eigenvalue weighted by Crippen LogP contribution is 2.41. The molecule has 2 aliphatic rings. The average molecular weight is 921 g/mol. The van der Waals surface area contributed by atoms with Gasteiger partial charge < -0.3 is 14.6 Å². The Balaban J connectivity index is 0.000000253. The third-order valence-corrected chi connectivity index (χ3v) is 14.2. The van der Waals surface area contributed by atoms with E-state index in [9.17, 15) is 24.3 Å². The van der Waals surface area contributed by atoms with Crippen LogP contribution >= 0.6 is 23.5 Å². The predicted molar refractivity (Wildman–Crippen MR) is 267 cm³/mol. The van der Waals surface area contributed by atoms with Crippen LogP contribution in [0.2, 0.25) is 0 Å². The first-order chi connectivity index (χ1) is 31.0. The zero-order valence-corrected chi connectivity index (χ0v) is 41.1. The van der Waals surface area contributed by atoms with Gasteiger partial charge in [-0.25, -0.2) is 19.4 Å². The molecular formula is C54H68N2O7S2. The molecule has 348 valence electrons. The van der Waals surface area contributed by atoms with Crippen molar-refractivity contribution in [3.63, 3.8) is 0 Å². The largest absolute Gasteiger partial charge is 0.515 e. The molecule has 1 N–H and O–H groups in total. The number of likely N-dealkylation sites (tertiary alicyclic amines) is 2. The molecule has 0 radical (unpaired) electrons. The minimum atomic E-state index is -0.703. The number of hydrogen-bond acceptors (Lipinski definition) is 9. The van der Waals surface area contributed by atoms with Crippen LogP contribution in [0, 0.1) is 5.92 Å². The molecular weight excluding hydrogens is 853 g/mol. The van der Waals surface area contributed by atoms with Gasteiger partial charge in [-0.05, 0) is 119 Å². The normalized spacial score (nSPS) is 18.2. The maximum absolute atomic E-state index is 13.8. The summed E-state index contributed by atoms with van der Waals surface area (Å²) in [6.07, 6.45) is 6.29. The van der Waals surface area contributed by atoms with Gasteiger partial charge in [0.15, 0.2) is 0 Å². The molecule has 0 spiro atoms. The Kier molecular flexibility index (Phi) is 18.8. The zero-order valence-electron chi connectivity index (χ0n) is 39.5. The Bertz CT molecular complexity index is 2170. The summed E-state index contributed by atoms with van der Waals surface area (Å²) in [6.45, 7) is 15.2. The molecule has 0 aliphatic carbocycles. The lowest BCUT2D eigenvalue weighted by Crippen LogP contribution is -2.44. The molecule has 65 heavy (non-hydrogen) atoms. The molecule has 2 fully saturated rings. The van der Waals surface area contributed by atoms with Gasteiger partial charge in [0.1, 0.15) is 11.2 Å². The Morgan fingerprint density at radius 3 is 1.48 bits per heavy atom. The minimum Gasteiger partial charge on any atom is -0.515 e. The first-order valence-electron chi connectivity index (χ1n) is 23.0. The second-order valence-corrected chi connectivity index (χ2v) is 21.5. The van der Waals surface area contributed by atoms with Crippen molar-refractivity contribution in [2.24, 2.45) is 5.92 Å². The number of aliphatic hydroxyl groups excluding tert-OH is 1. The van der Waals surface area contributed by atoms with Crippen LogP contribution in [0.15, 0.2) is 121 Å². The van der Waals surface area contributed by atoms with Crippen molar-refractivity contribution in [2.75, 3.05) is 11.5 Å². The van der Waals surface area contributed by atoms with E-state index < -0.39 is 29.3 Å². The standard InChI is InChI=1S/C31H43NO3S2.C23H25NO4/c1-6-8-19-36-29(37-20-9-7-2)27-22-26(32(28(27)33)30(34)35-31(3,4)5)21-23-15-17-25(18-16-23)24-13-11-10-12-14-24;1-23(2,3)28-22(27)24-20(14-19(15-25)21(24)26)13-16-9-11-18(12-10-16)17-7-5-4-6-8-17/h10-18,26-27,29H,6-9,19-22H2,1-5H3;4-12,15,20,25H,13-14H2,1-3H3/t26-,27?;20-/m11/s1. The van der Waals surface area contributed by atoms with Gasteiger partial charge in [0.2, 0.25) is 5.91 Å². The van der Waals surface area contributed by atoms with Crippen LogP contribution in [0.5, 0.6) is 0 Å². The number of aliphatic hydroxyl groups is 1. The second kappa shape index (κ2) is 24.0. The number of unbranched alkanes of at least 4 members (excludes halogenated alkanes) is 2. The van der Waals surface area contributed by atoms with Crippen molar-refractivity contribution < 1.29 is 33.8 Å². The number of thioether (sulfide) groups is 2. The van der Waals surface area contributed by atoms with Crippen molar-refractivity contribution >= 4 is 47.5 Å². The fourth-order valence-electron chi connectivity index (χ4n) is 7.82. The lowest BCUT2D eigenvalue weighted by molar-refractivity contribution is -0.131. The Morgan fingerprint density at radius 2 is 1.06 bits per heavy atom. The maximum Gasteiger partial charge on any atom is 0.417 e. The van der Waals surface area contributed by atoms with Crippen LogP contribution < -0.4 is 0 Å². The lowest BCUT2D eigenvalue weighted by Gasteiger charge is -2.27. The smallest absolute Gasteiger partial charge is 0.417 e. The molecule has 2 aliphatic heterocycles. The van der Waals surface area contributed by atoms with Gasteiger partial charge >= 0.3 is 12.2 Å². The number of imide groups is 2. The predicted octanol–water partition coefficient (Wildman–Crippen LogP) is 13.3. The maximum atomic E-state index is 13.8. The van der Waals surface area contributed by atoms with E-state index in [0.717, 1.165) is 76.2 Å². The van der Waals surface area contributed by atoms with Crippen LogP contribution in [0.4, 0.5) is 9.59 Å². The fourth-order valence-corrected chi connectivity index (χ4v) is 11.1. The third-order valence-electron chi connectivity index (χ3n) is 11.0. The molecule has 4 aromatic rings. The third kappa shape index (κ3) is 15.0. The lowest BCUT2D eigenvalue weighted by atomic mass is 9.98. The summed E-state index contributed by atoms with van der Waals surface area (Å²) in [7, 11) is 0. The molecule has 2 heterocycles. The molecule has 6 rings (SSSR count). The van der Waals surface area contributed by atoms with Gasteiger partial charge in [0.05, 0.1) is 28.4 Å². The Labute approximate surface area is 395 Å². The number of benzene rings is 4.